The SMILES string of the molecule is Cc1ccc(F)c(OCc2cc(CNC(C)C)no2)c1. The number of hydrogen-bond donors (Lipinski definition) is 1. The molecule has 0 bridgehead atoms. The molecule has 0 aliphatic heterocycles. The smallest absolute Gasteiger partial charge is 0.174 e. The van der Waals surface area contributed by atoms with Crippen molar-refractivity contribution in [2.75, 3.05) is 0 Å². The minimum atomic E-state index is -0.378. The highest BCUT2D eigenvalue weighted by molar-refractivity contribution is 5.29. The molecule has 1 N–H and O–H groups in total. The molecule has 0 fully saturated rings. The highest BCUT2D eigenvalue weighted by Gasteiger charge is 2.08. The molecule has 0 aliphatic carbocycles. The number of ether oxygens (including phenoxy) is 1. The van der Waals surface area contributed by atoms with E-state index in [2.05, 4.69) is 24.3 Å². The van der Waals surface area contributed by atoms with Crippen molar-refractivity contribution in [1.29, 1.82) is 0 Å². The van der Waals surface area contributed by atoms with E-state index in [9.17, 15) is 4.39 Å². The molecule has 0 radical (unpaired) electrons. The molecule has 0 atom stereocenters. The van der Waals surface area contributed by atoms with Gasteiger partial charge in [-0.1, -0.05) is 25.1 Å². The van der Waals surface area contributed by atoms with Crippen LogP contribution in [0, 0.1) is 12.7 Å². The lowest BCUT2D eigenvalue weighted by Crippen LogP contribution is -2.21. The van der Waals surface area contributed by atoms with Crippen LogP contribution in [0.2, 0.25) is 0 Å². The van der Waals surface area contributed by atoms with Gasteiger partial charge >= 0.3 is 0 Å². The first-order valence-corrected chi connectivity index (χ1v) is 6.61. The average molecular weight is 278 g/mol. The quantitative estimate of drug-likeness (QED) is 0.881. The normalized spacial score (nSPS) is 11.1. The molecule has 0 aliphatic rings. The molecule has 1 heterocycles. The van der Waals surface area contributed by atoms with Gasteiger partial charge in [0.25, 0.3) is 0 Å². The molecule has 108 valence electrons. The summed E-state index contributed by atoms with van der Waals surface area (Å²) in [6.07, 6.45) is 0. The predicted octanol–water partition coefficient (Wildman–Crippen LogP) is 3.20. The predicted molar refractivity (Wildman–Crippen MR) is 73.9 cm³/mol. The zero-order chi connectivity index (χ0) is 14.5. The van der Waals surface area contributed by atoms with Gasteiger partial charge in [-0.2, -0.15) is 0 Å². The van der Waals surface area contributed by atoms with Gasteiger partial charge in [-0.05, 0) is 24.6 Å². The first kappa shape index (κ1) is 14.5. The summed E-state index contributed by atoms with van der Waals surface area (Å²) >= 11 is 0. The van der Waals surface area contributed by atoms with Crippen LogP contribution in [0.25, 0.3) is 0 Å². The van der Waals surface area contributed by atoms with E-state index in [1.807, 2.05) is 13.0 Å². The average Bonchev–Trinajstić information content (AvgIpc) is 2.85. The molecule has 1 aromatic carbocycles. The summed E-state index contributed by atoms with van der Waals surface area (Å²) in [5, 5.41) is 7.17. The molecule has 1 aromatic heterocycles. The number of hydrogen-bond acceptors (Lipinski definition) is 4. The molecule has 5 heteroatoms. The third kappa shape index (κ3) is 4.06. The Kier molecular flexibility index (Phi) is 4.74. The van der Waals surface area contributed by atoms with Crippen LogP contribution < -0.4 is 10.1 Å². The first-order valence-electron chi connectivity index (χ1n) is 6.61. The first-order chi connectivity index (χ1) is 9.54. The maximum Gasteiger partial charge on any atom is 0.174 e. The number of halogens is 1. The highest BCUT2D eigenvalue weighted by atomic mass is 19.1. The standard InChI is InChI=1S/C15H19FN2O2/c1-10(2)17-8-12-7-13(20-18-12)9-19-15-6-11(3)4-5-14(15)16/h4-7,10,17H,8-9H2,1-3H3. The van der Waals surface area contributed by atoms with Crippen LogP contribution in [0.15, 0.2) is 28.8 Å². The molecule has 0 unspecified atom stereocenters. The van der Waals surface area contributed by atoms with Crippen molar-refractivity contribution in [3.63, 3.8) is 0 Å². The lowest BCUT2D eigenvalue weighted by atomic mass is 10.2. The van der Waals surface area contributed by atoms with E-state index in [1.165, 1.54) is 6.07 Å². The second-order valence-corrected chi connectivity index (χ2v) is 5.04. The van der Waals surface area contributed by atoms with Crippen molar-refractivity contribution in [3.8, 4) is 5.75 Å². The van der Waals surface area contributed by atoms with Gasteiger partial charge in [0.15, 0.2) is 17.3 Å². The maximum atomic E-state index is 13.5. The van der Waals surface area contributed by atoms with Gasteiger partial charge in [0.2, 0.25) is 0 Å². The van der Waals surface area contributed by atoms with Gasteiger partial charge in [0, 0.05) is 18.7 Å². The van der Waals surface area contributed by atoms with E-state index in [1.54, 1.807) is 12.1 Å². The van der Waals surface area contributed by atoms with Crippen molar-refractivity contribution in [2.24, 2.45) is 0 Å². The van der Waals surface area contributed by atoms with Crippen molar-refractivity contribution < 1.29 is 13.7 Å². The van der Waals surface area contributed by atoms with Gasteiger partial charge in [0.1, 0.15) is 6.61 Å². The molecule has 0 spiro atoms. The van der Waals surface area contributed by atoms with Crippen LogP contribution in [0.4, 0.5) is 4.39 Å². The molecule has 0 amide bonds. The Hall–Kier alpha value is -1.88. The maximum absolute atomic E-state index is 13.5. The van der Waals surface area contributed by atoms with E-state index in [0.717, 1.165) is 11.3 Å². The van der Waals surface area contributed by atoms with Crippen LogP contribution in [0.5, 0.6) is 5.75 Å². The summed E-state index contributed by atoms with van der Waals surface area (Å²) in [5.41, 5.74) is 1.75. The largest absolute Gasteiger partial charge is 0.482 e. The van der Waals surface area contributed by atoms with Crippen LogP contribution in [-0.2, 0) is 13.2 Å². The minimum absolute atomic E-state index is 0.162. The Morgan fingerprint density at radius 1 is 1.35 bits per heavy atom. The molecule has 2 rings (SSSR count). The Morgan fingerprint density at radius 2 is 2.15 bits per heavy atom. The Bertz CT molecular complexity index is 567. The van der Waals surface area contributed by atoms with Crippen molar-refractivity contribution in [2.45, 2.75) is 40.0 Å². The monoisotopic (exact) mass is 278 g/mol. The number of aryl methyl sites for hydroxylation is 1. The number of nitrogens with zero attached hydrogens (tertiary/aromatic N) is 1. The van der Waals surface area contributed by atoms with Gasteiger partial charge in [-0.25, -0.2) is 4.39 Å². The minimum Gasteiger partial charge on any atom is -0.482 e. The van der Waals surface area contributed by atoms with E-state index in [-0.39, 0.29) is 18.2 Å². The lowest BCUT2D eigenvalue weighted by Gasteiger charge is -2.05. The number of benzene rings is 1. The summed E-state index contributed by atoms with van der Waals surface area (Å²) < 4.78 is 24.1. The fourth-order valence-electron chi connectivity index (χ4n) is 1.69. The zero-order valence-corrected chi connectivity index (χ0v) is 11.9. The van der Waals surface area contributed by atoms with Crippen LogP contribution in [-0.4, -0.2) is 11.2 Å². The summed E-state index contributed by atoms with van der Waals surface area (Å²) in [6, 6.07) is 6.94. The number of aromatic nitrogens is 1. The van der Waals surface area contributed by atoms with E-state index >= 15 is 0 Å². The molecule has 0 saturated heterocycles. The Labute approximate surface area is 117 Å². The van der Waals surface area contributed by atoms with E-state index in [0.29, 0.717) is 18.3 Å². The lowest BCUT2D eigenvalue weighted by molar-refractivity contribution is 0.239. The summed E-state index contributed by atoms with van der Waals surface area (Å²) in [7, 11) is 0. The van der Waals surface area contributed by atoms with Gasteiger partial charge in [-0.3, -0.25) is 0 Å². The summed E-state index contributed by atoms with van der Waals surface area (Å²) in [6.45, 7) is 6.81. The molecular formula is C15H19FN2O2. The third-order valence-corrected chi connectivity index (χ3v) is 2.76. The van der Waals surface area contributed by atoms with Gasteiger partial charge in [-0.15, -0.1) is 0 Å². The van der Waals surface area contributed by atoms with Crippen LogP contribution >= 0.6 is 0 Å². The molecule has 2 aromatic rings. The third-order valence-electron chi connectivity index (χ3n) is 2.76. The van der Waals surface area contributed by atoms with Crippen molar-refractivity contribution in [3.05, 3.63) is 47.1 Å². The highest BCUT2D eigenvalue weighted by Crippen LogP contribution is 2.19. The molecular weight excluding hydrogens is 259 g/mol. The van der Waals surface area contributed by atoms with Crippen LogP contribution in [0.1, 0.15) is 30.9 Å². The molecule has 0 saturated carbocycles. The zero-order valence-electron chi connectivity index (χ0n) is 11.9. The Morgan fingerprint density at radius 3 is 2.90 bits per heavy atom. The van der Waals surface area contributed by atoms with E-state index < -0.39 is 0 Å². The van der Waals surface area contributed by atoms with Crippen molar-refractivity contribution in [1.82, 2.24) is 10.5 Å². The fourth-order valence-corrected chi connectivity index (χ4v) is 1.69. The van der Waals surface area contributed by atoms with Gasteiger partial charge in [0.05, 0.1) is 5.69 Å². The second kappa shape index (κ2) is 6.52. The second-order valence-electron chi connectivity index (χ2n) is 5.04. The van der Waals surface area contributed by atoms with Gasteiger partial charge < -0.3 is 14.6 Å². The number of rotatable bonds is 6. The summed E-state index contributed by atoms with van der Waals surface area (Å²) in [5.74, 6) is 0.423. The van der Waals surface area contributed by atoms with Crippen LogP contribution in [0.3, 0.4) is 0 Å². The number of nitrogens with one attached hydrogen (secondary N) is 1. The fraction of sp³-hybridized carbons (Fsp3) is 0.400. The van der Waals surface area contributed by atoms with Crippen molar-refractivity contribution >= 4 is 0 Å². The topological polar surface area (TPSA) is 47.3 Å². The van der Waals surface area contributed by atoms with E-state index in [4.69, 9.17) is 9.26 Å². The Balaban J connectivity index is 1.92. The molecule has 20 heavy (non-hydrogen) atoms. The molecule has 4 nitrogen and oxygen atoms in total. The summed E-state index contributed by atoms with van der Waals surface area (Å²) in [4.78, 5) is 0.